The number of hydrogen-bond donors (Lipinski definition) is 0. The average Bonchev–Trinajstić information content (AvgIpc) is 2.69. The van der Waals surface area contributed by atoms with Crippen LogP contribution in [0.3, 0.4) is 0 Å². The van der Waals surface area contributed by atoms with E-state index < -0.39 is 23.2 Å². The number of allylic oxidation sites excluding steroid dienone is 1. The highest BCUT2D eigenvalue weighted by molar-refractivity contribution is 6.11. The number of hydrogen-bond acceptors (Lipinski definition) is 4. The molecule has 0 bridgehead atoms. The first-order valence-electron chi connectivity index (χ1n) is 5.55. The van der Waals surface area contributed by atoms with Gasteiger partial charge in [0.1, 0.15) is 17.2 Å². The van der Waals surface area contributed by atoms with Crippen molar-refractivity contribution in [3.8, 4) is 0 Å². The monoisotopic (exact) mass is 266 g/mol. The molecule has 0 saturated carbocycles. The molecular formula is C13H12F2N2O2. The zero-order valence-electron chi connectivity index (χ0n) is 10.7. The fourth-order valence-corrected chi connectivity index (χ4v) is 1.56. The number of cyclic esters (lactones) is 1. The third-order valence-corrected chi connectivity index (χ3v) is 2.79. The van der Waals surface area contributed by atoms with Crippen LogP contribution in [0.4, 0.5) is 8.78 Å². The molecule has 0 spiro atoms. The first-order valence-corrected chi connectivity index (χ1v) is 5.55. The Hall–Kier alpha value is -2.24. The predicted molar refractivity (Wildman–Crippen MR) is 65.4 cm³/mol. The van der Waals surface area contributed by atoms with Crippen LogP contribution in [0.15, 0.2) is 34.6 Å². The maximum absolute atomic E-state index is 13.6. The van der Waals surface area contributed by atoms with Gasteiger partial charge in [-0.3, -0.25) is 0 Å². The topological polar surface area (TPSA) is 41.9 Å². The van der Waals surface area contributed by atoms with Crippen molar-refractivity contribution in [1.29, 1.82) is 0 Å². The number of nitrogens with zero attached hydrogens (tertiary/aromatic N) is 2. The summed E-state index contributed by atoms with van der Waals surface area (Å²) in [5, 5.41) is 0. The van der Waals surface area contributed by atoms with Crippen LogP contribution in [-0.2, 0) is 9.53 Å². The molecule has 0 atom stereocenters. The quantitative estimate of drug-likeness (QED) is 0.608. The number of ether oxygens (including phenoxy) is 1. The van der Waals surface area contributed by atoms with Gasteiger partial charge in [0, 0.05) is 19.8 Å². The number of carbonyl (C=O) groups excluding carboxylic acids is 1. The van der Waals surface area contributed by atoms with Crippen LogP contribution in [0.1, 0.15) is 12.5 Å². The molecule has 0 saturated heterocycles. The standard InChI is InChI=1S/C13H12F2N2O2/c1-7(17(2)3)11-13(18)19-12(16-11)10-8(14)5-4-6-9(10)15/h4-6H,1-3H3. The summed E-state index contributed by atoms with van der Waals surface area (Å²) in [7, 11) is 3.46. The Kier molecular flexibility index (Phi) is 3.33. The van der Waals surface area contributed by atoms with Gasteiger partial charge in [0.25, 0.3) is 0 Å². The Labute approximate surface area is 109 Å². The Morgan fingerprint density at radius 2 is 1.84 bits per heavy atom. The Balaban J connectivity index is 2.52. The van der Waals surface area contributed by atoms with Crippen LogP contribution in [0.2, 0.25) is 0 Å². The molecule has 1 heterocycles. The van der Waals surface area contributed by atoms with Crippen molar-refractivity contribution in [3.63, 3.8) is 0 Å². The van der Waals surface area contributed by atoms with E-state index in [1.807, 2.05) is 0 Å². The molecule has 1 aliphatic rings. The highest BCUT2D eigenvalue weighted by Gasteiger charge is 2.30. The molecule has 1 aliphatic heterocycles. The second-order valence-electron chi connectivity index (χ2n) is 4.23. The van der Waals surface area contributed by atoms with E-state index >= 15 is 0 Å². The molecule has 0 aliphatic carbocycles. The molecule has 100 valence electrons. The molecule has 2 rings (SSSR count). The second-order valence-corrected chi connectivity index (χ2v) is 4.23. The van der Waals surface area contributed by atoms with Gasteiger partial charge < -0.3 is 9.64 Å². The fraction of sp³-hybridized carbons (Fsp3) is 0.231. The minimum atomic E-state index is -0.824. The number of halogens is 2. The van der Waals surface area contributed by atoms with Crippen molar-refractivity contribution in [2.75, 3.05) is 14.1 Å². The molecule has 4 nitrogen and oxygen atoms in total. The SMILES string of the molecule is CC(=C1N=C(c2c(F)cccc2F)OC1=O)N(C)C. The van der Waals surface area contributed by atoms with Crippen molar-refractivity contribution in [2.45, 2.75) is 6.92 Å². The first-order chi connectivity index (χ1) is 8.91. The van der Waals surface area contributed by atoms with E-state index in [4.69, 9.17) is 4.74 Å². The van der Waals surface area contributed by atoms with Crippen molar-refractivity contribution in [1.82, 2.24) is 4.90 Å². The minimum Gasteiger partial charge on any atom is -0.402 e. The molecular weight excluding hydrogens is 254 g/mol. The van der Waals surface area contributed by atoms with E-state index in [9.17, 15) is 13.6 Å². The summed E-state index contributed by atoms with van der Waals surface area (Å²) in [6.07, 6.45) is 0. The average molecular weight is 266 g/mol. The van der Waals surface area contributed by atoms with Crippen LogP contribution >= 0.6 is 0 Å². The third-order valence-electron chi connectivity index (χ3n) is 2.79. The fourth-order valence-electron chi connectivity index (χ4n) is 1.56. The Morgan fingerprint density at radius 3 is 2.37 bits per heavy atom. The second kappa shape index (κ2) is 4.79. The van der Waals surface area contributed by atoms with Crippen LogP contribution in [-0.4, -0.2) is 30.9 Å². The molecule has 1 aromatic rings. The van der Waals surface area contributed by atoms with Crippen LogP contribution in [0.25, 0.3) is 0 Å². The lowest BCUT2D eigenvalue weighted by Gasteiger charge is -2.12. The van der Waals surface area contributed by atoms with Gasteiger partial charge in [0.2, 0.25) is 5.90 Å². The zero-order chi connectivity index (χ0) is 14.2. The number of esters is 1. The highest BCUT2D eigenvalue weighted by Crippen LogP contribution is 2.23. The number of carbonyl (C=O) groups is 1. The molecule has 6 heteroatoms. The van der Waals surface area contributed by atoms with Crippen molar-refractivity contribution in [3.05, 3.63) is 46.8 Å². The van der Waals surface area contributed by atoms with E-state index in [2.05, 4.69) is 4.99 Å². The maximum Gasteiger partial charge on any atom is 0.365 e. The van der Waals surface area contributed by atoms with Crippen molar-refractivity contribution in [2.24, 2.45) is 4.99 Å². The van der Waals surface area contributed by atoms with E-state index in [0.717, 1.165) is 12.1 Å². The summed E-state index contributed by atoms with van der Waals surface area (Å²) in [5.74, 6) is -2.72. The number of benzene rings is 1. The minimum absolute atomic E-state index is 0.0441. The van der Waals surface area contributed by atoms with Crippen LogP contribution in [0, 0.1) is 11.6 Å². The lowest BCUT2D eigenvalue weighted by atomic mass is 10.2. The molecule has 1 aromatic carbocycles. The smallest absolute Gasteiger partial charge is 0.365 e. The van der Waals surface area contributed by atoms with E-state index in [1.165, 1.54) is 6.07 Å². The van der Waals surface area contributed by atoms with E-state index in [-0.39, 0.29) is 11.6 Å². The van der Waals surface area contributed by atoms with Gasteiger partial charge in [0.05, 0.1) is 0 Å². The van der Waals surface area contributed by atoms with Gasteiger partial charge in [0.15, 0.2) is 5.70 Å². The van der Waals surface area contributed by atoms with Gasteiger partial charge in [-0.2, -0.15) is 0 Å². The van der Waals surface area contributed by atoms with E-state index in [1.54, 1.807) is 25.9 Å². The third kappa shape index (κ3) is 2.33. The molecule has 19 heavy (non-hydrogen) atoms. The Morgan fingerprint density at radius 1 is 1.26 bits per heavy atom. The van der Waals surface area contributed by atoms with Crippen molar-refractivity contribution < 1.29 is 18.3 Å². The molecule has 0 aromatic heterocycles. The molecule has 0 N–H and O–H groups in total. The number of rotatable bonds is 2. The maximum atomic E-state index is 13.6. The summed E-state index contributed by atoms with van der Waals surface area (Å²) >= 11 is 0. The summed E-state index contributed by atoms with van der Waals surface area (Å²) in [6, 6.07) is 3.39. The van der Waals surface area contributed by atoms with Crippen LogP contribution < -0.4 is 0 Å². The highest BCUT2D eigenvalue weighted by atomic mass is 19.1. The zero-order valence-corrected chi connectivity index (χ0v) is 10.7. The van der Waals surface area contributed by atoms with Gasteiger partial charge in [-0.1, -0.05) is 6.07 Å². The molecule has 0 fully saturated rings. The van der Waals surface area contributed by atoms with Gasteiger partial charge in [-0.15, -0.1) is 0 Å². The van der Waals surface area contributed by atoms with Gasteiger partial charge in [-0.25, -0.2) is 18.6 Å². The summed E-state index contributed by atoms with van der Waals surface area (Å²) in [4.78, 5) is 17.2. The largest absolute Gasteiger partial charge is 0.402 e. The Bertz CT molecular complexity index is 586. The first kappa shape index (κ1) is 13.2. The lowest BCUT2D eigenvalue weighted by molar-refractivity contribution is -0.130. The van der Waals surface area contributed by atoms with E-state index in [0.29, 0.717) is 5.70 Å². The normalized spacial score (nSPS) is 17.1. The van der Waals surface area contributed by atoms with Gasteiger partial charge in [-0.05, 0) is 19.1 Å². The predicted octanol–water partition coefficient (Wildman–Crippen LogP) is 2.06. The molecule has 0 amide bonds. The summed E-state index contributed by atoms with van der Waals surface area (Å²) < 4.78 is 32.0. The molecule has 0 unspecified atom stereocenters. The summed E-state index contributed by atoms with van der Waals surface area (Å²) in [5.41, 5.74) is 0.164. The van der Waals surface area contributed by atoms with Gasteiger partial charge >= 0.3 is 5.97 Å². The molecule has 0 radical (unpaired) electrons. The lowest BCUT2D eigenvalue weighted by Crippen LogP contribution is -2.13. The van der Waals surface area contributed by atoms with Crippen molar-refractivity contribution >= 4 is 11.9 Å². The summed E-state index contributed by atoms with van der Waals surface area (Å²) in [6.45, 7) is 1.67. The number of aliphatic imine (C=N–C) groups is 1. The van der Waals surface area contributed by atoms with Crippen LogP contribution in [0.5, 0.6) is 0 Å².